The zero-order valence-corrected chi connectivity index (χ0v) is 13.7. The van der Waals surface area contributed by atoms with Crippen molar-refractivity contribution >= 4 is 29.5 Å². The first kappa shape index (κ1) is 24.2. The number of hydrogen-bond donors (Lipinski definition) is 0. The lowest BCUT2D eigenvalue weighted by Gasteiger charge is -2.20. The maximum atomic E-state index is 12.2. The molecule has 152 valence electrons. The molecule has 0 aliphatic carbocycles. The van der Waals surface area contributed by atoms with E-state index in [9.17, 15) is 64.8 Å². The molecule has 25 heavy (non-hydrogen) atoms. The molecule has 0 fully saturated rings. The van der Waals surface area contributed by atoms with Crippen LogP contribution in [0.5, 0.6) is 0 Å². The van der Waals surface area contributed by atoms with Crippen LogP contribution in [-0.4, -0.2) is 65.0 Å². The largest absolute Gasteiger partial charge is 0.402 e. The highest BCUT2D eigenvalue weighted by Crippen LogP contribution is 2.31. The van der Waals surface area contributed by atoms with Crippen molar-refractivity contribution in [2.45, 2.75) is 22.4 Å². The summed E-state index contributed by atoms with van der Waals surface area (Å²) in [5.74, 6) is -9.75. The molecular weight excluding hydrogens is 447 g/mol. The first-order valence-electron chi connectivity index (χ1n) is 5.33. The third kappa shape index (κ3) is 8.43. The van der Waals surface area contributed by atoms with E-state index >= 15 is 0 Å². The molecule has 0 unspecified atom stereocenters. The number of halogens is 9. The highest BCUT2D eigenvalue weighted by atomic mass is 32.3. The van der Waals surface area contributed by atoms with Gasteiger partial charge < -0.3 is 0 Å². The van der Waals surface area contributed by atoms with E-state index in [0.29, 0.717) is 0 Å². The van der Waals surface area contributed by atoms with Crippen LogP contribution in [0, 0.1) is 0 Å². The van der Waals surface area contributed by atoms with Crippen molar-refractivity contribution in [3.63, 3.8) is 0 Å². The summed E-state index contributed by atoms with van der Waals surface area (Å²) in [5, 5.41) is 0. The monoisotopic (exact) mass is 454 g/mol. The van der Waals surface area contributed by atoms with Crippen molar-refractivity contribution in [1.82, 2.24) is 0 Å². The van der Waals surface area contributed by atoms with Crippen LogP contribution in [-0.2, 0) is 29.5 Å². The van der Waals surface area contributed by atoms with Gasteiger partial charge in [-0.1, -0.05) is 0 Å². The Kier molecular flexibility index (Phi) is 6.54. The van der Waals surface area contributed by atoms with Crippen molar-refractivity contribution in [1.29, 1.82) is 0 Å². The number of hydrogen-bond acceptors (Lipinski definition) is 6. The Morgan fingerprint density at radius 3 is 0.760 bits per heavy atom. The molecule has 0 aromatic rings. The maximum absolute atomic E-state index is 12.2. The van der Waals surface area contributed by atoms with Gasteiger partial charge in [0.25, 0.3) is 3.91 Å². The van der Waals surface area contributed by atoms with Crippen LogP contribution in [0.2, 0.25) is 0 Å². The molecule has 18 heteroatoms. The summed E-state index contributed by atoms with van der Waals surface area (Å²) in [5.41, 5.74) is 0. The molecule has 0 amide bonds. The van der Waals surface area contributed by atoms with Gasteiger partial charge in [0.1, 0.15) is 17.3 Å². The second-order valence-corrected chi connectivity index (χ2v) is 11.7. The molecule has 0 aliphatic heterocycles. The molecule has 0 aliphatic rings. The third-order valence-electron chi connectivity index (χ3n) is 1.97. The summed E-state index contributed by atoms with van der Waals surface area (Å²) in [6, 6.07) is 0. The van der Waals surface area contributed by atoms with Gasteiger partial charge in [0.15, 0.2) is 29.5 Å². The van der Waals surface area contributed by atoms with Crippen molar-refractivity contribution < 1.29 is 64.8 Å². The van der Waals surface area contributed by atoms with Gasteiger partial charge in [-0.2, -0.15) is 39.5 Å². The molecule has 0 aromatic carbocycles. The minimum absolute atomic E-state index is 3.25. The van der Waals surface area contributed by atoms with Crippen LogP contribution < -0.4 is 0 Å². The second-order valence-electron chi connectivity index (χ2n) is 4.56. The van der Waals surface area contributed by atoms with Crippen molar-refractivity contribution in [2.75, 3.05) is 17.3 Å². The van der Waals surface area contributed by atoms with Crippen LogP contribution in [0.4, 0.5) is 39.5 Å². The lowest BCUT2D eigenvalue weighted by Crippen LogP contribution is -2.47. The summed E-state index contributed by atoms with van der Waals surface area (Å²) in [6.45, 7) is 0. The Hall–Kier alpha value is -0.780. The number of alkyl halides is 9. The fourth-order valence-electron chi connectivity index (χ4n) is 1.56. The van der Waals surface area contributed by atoms with Crippen LogP contribution in [0.25, 0.3) is 0 Å². The maximum Gasteiger partial charge on any atom is 0.402 e. The number of rotatable bonds is 6. The molecule has 0 radical (unpaired) electrons. The van der Waals surface area contributed by atoms with Crippen molar-refractivity contribution in [2.24, 2.45) is 0 Å². The van der Waals surface area contributed by atoms with Gasteiger partial charge in [0, 0.05) is 0 Å². The normalized spacial score (nSPS) is 15.6. The highest BCUT2D eigenvalue weighted by Gasteiger charge is 2.57. The van der Waals surface area contributed by atoms with Gasteiger partial charge in [0.05, 0.1) is 0 Å². The van der Waals surface area contributed by atoms with Crippen LogP contribution >= 0.6 is 0 Å². The topological polar surface area (TPSA) is 102 Å². The van der Waals surface area contributed by atoms with Gasteiger partial charge in [-0.05, 0) is 0 Å². The smallest absolute Gasteiger partial charge is 0.226 e. The highest BCUT2D eigenvalue weighted by molar-refractivity contribution is 8.24. The van der Waals surface area contributed by atoms with E-state index in [1.54, 1.807) is 0 Å². The Bertz CT molecular complexity index is 675. The average Bonchev–Trinajstić information content (AvgIpc) is 1.98. The average molecular weight is 454 g/mol. The molecule has 0 rings (SSSR count). The molecule has 0 saturated heterocycles. The quantitative estimate of drug-likeness (QED) is 0.559. The first-order valence-corrected chi connectivity index (χ1v) is 10.5. The van der Waals surface area contributed by atoms with Crippen LogP contribution in [0.15, 0.2) is 0 Å². The van der Waals surface area contributed by atoms with Crippen LogP contribution in [0.1, 0.15) is 0 Å². The Morgan fingerprint density at radius 1 is 0.480 bits per heavy atom. The predicted octanol–water partition coefficient (Wildman–Crippen LogP) is 1.20. The lowest BCUT2D eigenvalue weighted by atomic mass is 10.8. The summed E-state index contributed by atoms with van der Waals surface area (Å²) in [6.07, 6.45) is -17.5. The summed E-state index contributed by atoms with van der Waals surface area (Å²) >= 11 is 0. The molecular formula is C7H7F9O6S3. The minimum Gasteiger partial charge on any atom is -0.226 e. The van der Waals surface area contributed by atoms with E-state index in [2.05, 4.69) is 0 Å². The summed E-state index contributed by atoms with van der Waals surface area (Å²) in [7, 11) is -19.6. The van der Waals surface area contributed by atoms with Gasteiger partial charge in [-0.15, -0.1) is 0 Å². The molecule has 0 saturated carbocycles. The fourth-order valence-corrected chi connectivity index (χ4v) is 9.92. The number of sulfone groups is 3. The first-order chi connectivity index (χ1) is 10.5. The Morgan fingerprint density at radius 2 is 0.640 bits per heavy atom. The second kappa shape index (κ2) is 6.75. The van der Waals surface area contributed by atoms with E-state index in [1.165, 1.54) is 0 Å². The Labute approximate surface area is 134 Å². The molecule has 0 spiro atoms. The molecule has 0 bridgehead atoms. The van der Waals surface area contributed by atoms with Crippen molar-refractivity contribution in [3.8, 4) is 0 Å². The molecule has 0 heterocycles. The van der Waals surface area contributed by atoms with Crippen molar-refractivity contribution in [3.05, 3.63) is 0 Å². The lowest BCUT2D eigenvalue weighted by molar-refractivity contribution is -0.107. The van der Waals surface area contributed by atoms with Gasteiger partial charge in [-0.25, -0.2) is 25.3 Å². The Balaban J connectivity index is 6.47. The standard InChI is InChI=1S/C7H7F9O6S3/c8-5(9,10)1-23(17,18)4(24(19,20)2-6(11,12)13)25(21,22)3-7(14,15)16/h4H,1-3H2. The van der Waals surface area contributed by atoms with Gasteiger partial charge >= 0.3 is 18.5 Å². The summed E-state index contributed by atoms with van der Waals surface area (Å²) < 4.78 is 173. The zero-order chi connectivity index (χ0) is 20.7. The van der Waals surface area contributed by atoms with E-state index < -0.39 is 69.2 Å². The van der Waals surface area contributed by atoms with Gasteiger partial charge in [-0.3, -0.25) is 0 Å². The van der Waals surface area contributed by atoms with Gasteiger partial charge in [0.2, 0.25) is 0 Å². The van der Waals surface area contributed by atoms with E-state index in [0.717, 1.165) is 0 Å². The molecule has 0 aromatic heterocycles. The molecule has 0 atom stereocenters. The van der Waals surface area contributed by atoms with E-state index in [-0.39, 0.29) is 0 Å². The molecule has 6 nitrogen and oxygen atoms in total. The zero-order valence-electron chi connectivity index (χ0n) is 11.3. The minimum atomic E-state index is -6.54. The predicted molar refractivity (Wildman–Crippen MR) is 63.3 cm³/mol. The fraction of sp³-hybridized carbons (Fsp3) is 1.00. The van der Waals surface area contributed by atoms with E-state index in [1.807, 2.05) is 0 Å². The third-order valence-corrected chi connectivity index (χ3v) is 11.2. The van der Waals surface area contributed by atoms with E-state index in [4.69, 9.17) is 0 Å². The SMILES string of the molecule is O=S(=O)(CC(F)(F)F)C(S(=O)(=O)CC(F)(F)F)S(=O)(=O)CC(F)(F)F. The van der Waals surface area contributed by atoms with Crippen LogP contribution in [0.3, 0.4) is 0 Å². The summed E-state index contributed by atoms with van der Waals surface area (Å²) in [4.78, 5) is 0. The molecule has 0 N–H and O–H groups in total.